The van der Waals surface area contributed by atoms with Gasteiger partial charge in [-0.3, -0.25) is 0 Å². The molecule has 0 bridgehead atoms. The zero-order valence-electron chi connectivity index (χ0n) is 14.3. The maximum Gasteiger partial charge on any atom is 0.407 e. The average molecular weight is 405 g/mol. The molecular weight excluding hydrogens is 390 g/mol. The fourth-order valence-electron chi connectivity index (χ4n) is 2.37. The van der Waals surface area contributed by atoms with Gasteiger partial charge in [-0.15, -0.1) is 11.3 Å². The van der Waals surface area contributed by atoms with Crippen molar-refractivity contribution in [1.29, 1.82) is 0 Å². The van der Waals surface area contributed by atoms with Gasteiger partial charge in [-0.1, -0.05) is 6.07 Å². The second kappa shape index (κ2) is 7.72. The van der Waals surface area contributed by atoms with Gasteiger partial charge in [0.15, 0.2) is 0 Å². The fourth-order valence-corrected chi connectivity index (χ4v) is 4.13. The van der Waals surface area contributed by atoms with E-state index >= 15 is 0 Å². The molecule has 140 valence electrons. The molecule has 1 aromatic carbocycles. The highest BCUT2D eigenvalue weighted by Crippen LogP contribution is 2.36. The Labute approximate surface area is 162 Å². The zero-order chi connectivity index (χ0) is 19.6. The van der Waals surface area contributed by atoms with Crippen LogP contribution in [-0.4, -0.2) is 38.7 Å². The Morgan fingerprint density at radius 1 is 1.30 bits per heavy atom. The third-order valence-electron chi connectivity index (χ3n) is 3.67. The molecule has 27 heavy (non-hydrogen) atoms. The lowest BCUT2D eigenvalue weighted by atomic mass is 10.1. The summed E-state index contributed by atoms with van der Waals surface area (Å²) in [4.78, 5) is 28.3. The lowest BCUT2D eigenvalue weighted by Crippen LogP contribution is -2.22. The summed E-state index contributed by atoms with van der Waals surface area (Å²) in [7, 11) is 1.30. The van der Waals surface area contributed by atoms with Crippen molar-refractivity contribution >= 4 is 34.9 Å². The van der Waals surface area contributed by atoms with E-state index in [1.165, 1.54) is 42.1 Å². The zero-order valence-corrected chi connectivity index (χ0v) is 16.0. The number of hydrogen-bond acceptors (Lipinski definition) is 8. The van der Waals surface area contributed by atoms with Crippen LogP contribution in [0.2, 0.25) is 0 Å². The average Bonchev–Trinajstić information content (AvgIpc) is 3.25. The second-order valence-corrected chi connectivity index (χ2v) is 7.37. The van der Waals surface area contributed by atoms with Gasteiger partial charge < -0.3 is 20.3 Å². The molecule has 1 amide bonds. The molecule has 2 aromatic heterocycles. The molecule has 3 N–H and O–H groups in total. The summed E-state index contributed by atoms with van der Waals surface area (Å²) in [5, 5.41) is 22.2. The van der Waals surface area contributed by atoms with Gasteiger partial charge in [0, 0.05) is 0 Å². The molecule has 0 radical (unpaired) electrons. The van der Waals surface area contributed by atoms with Crippen molar-refractivity contribution < 1.29 is 24.5 Å². The van der Waals surface area contributed by atoms with Gasteiger partial charge in [-0.2, -0.15) is 4.37 Å². The topological polar surface area (TPSA) is 122 Å². The van der Waals surface area contributed by atoms with Crippen LogP contribution in [0.4, 0.5) is 4.79 Å². The quantitative estimate of drug-likeness (QED) is 0.594. The molecular formula is C17H15N3O5S2. The minimum atomic E-state index is -1.18. The van der Waals surface area contributed by atoms with E-state index in [-0.39, 0.29) is 17.9 Å². The lowest BCUT2D eigenvalue weighted by molar-refractivity contribution is 0.0693. The number of aromatic hydroxyl groups is 1. The number of methoxy groups -OCH3 is 1. The summed E-state index contributed by atoms with van der Waals surface area (Å²) in [5.74, 6) is -1.47. The summed E-state index contributed by atoms with van der Waals surface area (Å²) in [6, 6.07) is 6.26. The molecule has 3 rings (SSSR count). The molecule has 0 aliphatic carbocycles. The summed E-state index contributed by atoms with van der Waals surface area (Å²) < 4.78 is 8.98. The summed E-state index contributed by atoms with van der Waals surface area (Å²) in [5.41, 5.74) is 2.05. The van der Waals surface area contributed by atoms with Crippen LogP contribution >= 0.6 is 22.9 Å². The second-order valence-electron chi connectivity index (χ2n) is 5.48. The lowest BCUT2D eigenvalue weighted by Gasteiger charge is -2.01. The Balaban J connectivity index is 1.84. The molecule has 0 spiro atoms. The largest absolute Gasteiger partial charge is 0.507 e. The van der Waals surface area contributed by atoms with Crippen LogP contribution < -0.4 is 5.32 Å². The normalized spacial score (nSPS) is 10.6. The predicted octanol–water partition coefficient (Wildman–Crippen LogP) is 3.50. The molecule has 10 heteroatoms. The number of carboxylic acid groups (broad SMARTS) is 1. The number of phenols is 1. The number of hydrogen-bond donors (Lipinski definition) is 3. The molecule has 2 heterocycles. The van der Waals surface area contributed by atoms with E-state index in [0.717, 1.165) is 26.1 Å². The van der Waals surface area contributed by atoms with E-state index in [4.69, 9.17) is 5.11 Å². The van der Waals surface area contributed by atoms with E-state index in [2.05, 4.69) is 19.4 Å². The first-order valence-corrected chi connectivity index (χ1v) is 9.30. The third-order valence-corrected chi connectivity index (χ3v) is 5.68. The summed E-state index contributed by atoms with van der Waals surface area (Å²) >= 11 is 2.66. The Morgan fingerprint density at radius 3 is 2.74 bits per heavy atom. The van der Waals surface area contributed by atoms with Crippen molar-refractivity contribution in [2.45, 2.75) is 13.5 Å². The molecule has 8 nitrogen and oxygen atoms in total. The maximum atomic E-state index is 11.2. The Hall–Kier alpha value is -2.98. The molecule has 0 fully saturated rings. The molecule has 0 aliphatic heterocycles. The van der Waals surface area contributed by atoms with Crippen LogP contribution in [0.3, 0.4) is 0 Å². The summed E-state index contributed by atoms with van der Waals surface area (Å²) in [6.45, 7) is 2.12. The van der Waals surface area contributed by atoms with Gasteiger partial charge in [0.2, 0.25) is 0 Å². The van der Waals surface area contributed by atoms with Crippen molar-refractivity contribution in [1.82, 2.24) is 14.7 Å². The number of carboxylic acids is 1. The number of benzene rings is 1. The van der Waals surface area contributed by atoms with E-state index in [1.807, 2.05) is 13.0 Å². The Bertz CT molecular complexity index is 1010. The highest BCUT2D eigenvalue weighted by molar-refractivity contribution is 7.15. The number of carbonyl (C=O) groups excluding carboxylic acids is 1. The van der Waals surface area contributed by atoms with E-state index < -0.39 is 12.1 Å². The standard InChI is InChI=1S/C17H15N3O5S2/c1-8-15(26-14(19-8)7-18-17(24)25-2)11-6-13(27-20-11)9-3-4-10(16(22)23)12(21)5-9/h3-6,21H,7H2,1-2H3,(H,18,24)(H,22,23). The summed E-state index contributed by atoms with van der Waals surface area (Å²) in [6.07, 6.45) is -0.523. The van der Waals surface area contributed by atoms with Crippen LogP contribution in [0.5, 0.6) is 5.75 Å². The molecule has 0 unspecified atom stereocenters. The Morgan fingerprint density at radius 2 is 2.07 bits per heavy atom. The van der Waals surface area contributed by atoms with Crippen LogP contribution in [0.15, 0.2) is 24.3 Å². The van der Waals surface area contributed by atoms with Crippen molar-refractivity contribution in [2.24, 2.45) is 0 Å². The van der Waals surface area contributed by atoms with Gasteiger partial charge in [0.25, 0.3) is 0 Å². The number of aromatic carboxylic acids is 1. The molecule has 3 aromatic rings. The SMILES string of the molecule is COC(=O)NCc1nc(C)c(-c2cc(-c3ccc(C(=O)O)c(O)c3)sn2)s1. The highest BCUT2D eigenvalue weighted by Gasteiger charge is 2.16. The molecule has 0 atom stereocenters. The number of rotatable bonds is 5. The van der Waals surface area contributed by atoms with Crippen molar-refractivity contribution in [3.05, 3.63) is 40.5 Å². The number of thiazole rings is 1. The highest BCUT2D eigenvalue weighted by atomic mass is 32.1. The van der Waals surface area contributed by atoms with E-state index in [0.29, 0.717) is 5.56 Å². The molecule has 0 aliphatic rings. The fraction of sp³-hybridized carbons (Fsp3) is 0.176. The van der Waals surface area contributed by atoms with Gasteiger partial charge >= 0.3 is 12.1 Å². The Kier molecular flexibility index (Phi) is 5.38. The molecule has 0 saturated carbocycles. The number of nitrogens with one attached hydrogen (secondary N) is 1. The smallest absolute Gasteiger partial charge is 0.407 e. The van der Waals surface area contributed by atoms with Crippen LogP contribution in [0, 0.1) is 6.92 Å². The van der Waals surface area contributed by atoms with Crippen molar-refractivity contribution in [3.63, 3.8) is 0 Å². The number of aromatic nitrogens is 2. The molecule has 0 saturated heterocycles. The van der Waals surface area contributed by atoms with Crippen molar-refractivity contribution in [2.75, 3.05) is 7.11 Å². The van der Waals surface area contributed by atoms with Crippen LogP contribution in [0.1, 0.15) is 21.1 Å². The number of ether oxygens (including phenoxy) is 1. The number of carbonyl (C=O) groups is 2. The van der Waals surface area contributed by atoms with Crippen LogP contribution in [0.25, 0.3) is 21.0 Å². The maximum absolute atomic E-state index is 11.2. The number of aryl methyl sites for hydroxylation is 1. The number of amides is 1. The monoisotopic (exact) mass is 405 g/mol. The van der Waals surface area contributed by atoms with Gasteiger partial charge in [0.05, 0.1) is 34.8 Å². The predicted molar refractivity (Wildman–Crippen MR) is 101 cm³/mol. The van der Waals surface area contributed by atoms with Gasteiger partial charge in [-0.25, -0.2) is 14.6 Å². The van der Waals surface area contributed by atoms with E-state index in [9.17, 15) is 14.7 Å². The first-order chi connectivity index (χ1) is 12.9. The third kappa shape index (κ3) is 4.07. The first-order valence-electron chi connectivity index (χ1n) is 7.71. The first kappa shape index (κ1) is 18.8. The van der Waals surface area contributed by atoms with Crippen molar-refractivity contribution in [3.8, 4) is 26.8 Å². The van der Waals surface area contributed by atoms with Gasteiger partial charge in [0.1, 0.15) is 16.3 Å². The minimum Gasteiger partial charge on any atom is -0.507 e. The number of nitrogens with zero attached hydrogens (tertiary/aromatic N) is 2. The minimum absolute atomic E-state index is 0.149. The van der Waals surface area contributed by atoms with Gasteiger partial charge in [-0.05, 0) is 42.2 Å². The number of alkyl carbamates (subject to hydrolysis) is 1. The van der Waals surface area contributed by atoms with Crippen LogP contribution in [-0.2, 0) is 11.3 Å². The van der Waals surface area contributed by atoms with E-state index in [1.54, 1.807) is 6.07 Å².